The van der Waals surface area contributed by atoms with Crippen LogP contribution in [-0.2, 0) is 0 Å². The van der Waals surface area contributed by atoms with Crippen molar-refractivity contribution >= 4 is 24.0 Å². The van der Waals surface area contributed by atoms with E-state index < -0.39 is 17.7 Å². The van der Waals surface area contributed by atoms with Crippen molar-refractivity contribution in [1.82, 2.24) is 0 Å². The molecule has 0 unspecified atom stereocenters. The topological polar surface area (TPSA) is 26.0 Å². The van der Waals surface area contributed by atoms with E-state index in [4.69, 9.17) is 17.3 Å². The first kappa shape index (κ1) is 14.7. The fourth-order valence-corrected chi connectivity index (χ4v) is 2.68. The van der Waals surface area contributed by atoms with Gasteiger partial charge in [0.05, 0.1) is 5.02 Å². The Balaban J connectivity index is 0.00000144. The van der Waals surface area contributed by atoms with Gasteiger partial charge in [0, 0.05) is 11.6 Å². The number of hydrogen-bond acceptors (Lipinski definition) is 1. The van der Waals surface area contributed by atoms with Crippen LogP contribution in [0.15, 0.2) is 12.1 Å². The van der Waals surface area contributed by atoms with Gasteiger partial charge in [0.1, 0.15) is 11.6 Å². The van der Waals surface area contributed by atoms with Gasteiger partial charge in [-0.05, 0) is 30.9 Å². The second kappa shape index (κ2) is 5.98. The van der Waals surface area contributed by atoms with Gasteiger partial charge in [0.15, 0.2) is 0 Å². The summed E-state index contributed by atoms with van der Waals surface area (Å²) in [6.07, 6.45) is 4.14. The van der Waals surface area contributed by atoms with E-state index in [1.54, 1.807) is 0 Å². The molecular weight excluding hydrogens is 267 g/mol. The zero-order valence-corrected chi connectivity index (χ0v) is 10.8. The molecule has 0 aliphatic heterocycles. The first-order chi connectivity index (χ1) is 7.61. The van der Waals surface area contributed by atoms with Crippen molar-refractivity contribution in [2.24, 2.45) is 11.7 Å². The zero-order valence-electron chi connectivity index (χ0n) is 9.26. The molecule has 0 amide bonds. The van der Waals surface area contributed by atoms with Crippen LogP contribution in [0.2, 0.25) is 5.02 Å². The minimum Gasteiger partial charge on any atom is -0.324 e. The molecule has 0 aromatic heterocycles. The molecule has 1 atom stereocenters. The highest BCUT2D eigenvalue weighted by atomic mass is 35.5. The molecule has 1 aliphatic rings. The maximum Gasteiger partial charge on any atom is 0.142 e. The van der Waals surface area contributed by atoms with Gasteiger partial charge in [-0.25, -0.2) is 8.78 Å². The third kappa shape index (κ3) is 2.90. The van der Waals surface area contributed by atoms with Crippen LogP contribution in [-0.4, -0.2) is 0 Å². The standard InChI is InChI=1S/C12H14ClF2N.ClH/c13-11-9(15)6-5-8(14)10(11)12(16)7-3-1-2-4-7;/h5-7,12H,1-4,16H2;1H/t12-;/m1./s1. The Morgan fingerprint density at radius 3 is 2.29 bits per heavy atom. The molecule has 1 nitrogen and oxygen atoms in total. The van der Waals surface area contributed by atoms with Gasteiger partial charge >= 0.3 is 0 Å². The first-order valence-electron chi connectivity index (χ1n) is 5.50. The van der Waals surface area contributed by atoms with Crippen molar-refractivity contribution in [3.63, 3.8) is 0 Å². The molecule has 1 fully saturated rings. The van der Waals surface area contributed by atoms with Gasteiger partial charge in [-0.15, -0.1) is 12.4 Å². The molecule has 0 radical (unpaired) electrons. The Morgan fingerprint density at radius 2 is 1.71 bits per heavy atom. The molecule has 17 heavy (non-hydrogen) atoms. The molecule has 2 N–H and O–H groups in total. The number of benzene rings is 1. The van der Waals surface area contributed by atoms with Crippen molar-refractivity contribution in [3.8, 4) is 0 Å². The average molecular weight is 282 g/mol. The molecule has 1 aliphatic carbocycles. The van der Waals surface area contributed by atoms with Gasteiger partial charge in [-0.2, -0.15) is 0 Å². The summed E-state index contributed by atoms with van der Waals surface area (Å²) in [6.45, 7) is 0. The SMILES string of the molecule is Cl.N[C@@H](c1c(F)ccc(F)c1Cl)C1CCCC1. The van der Waals surface area contributed by atoms with E-state index in [1.165, 1.54) is 0 Å². The van der Waals surface area contributed by atoms with Gasteiger partial charge in [0.2, 0.25) is 0 Å². The van der Waals surface area contributed by atoms with Crippen molar-refractivity contribution < 1.29 is 8.78 Å². The van der Waals surface area contributed by atoms with Crippen molar-refractivity contribution in [2.45, 2.75) is 31.7 Å². The third-order valence-corrected chi connectivity index (χ3v) is 3.70. The zero-order chi connectivity index (χ0) is 11.7. The van der Waals surface area contributed by atoms with Gasteiger partial charge in [-0.1, -0.05) is 24.4 Å². The van der Waals surface area contributed by atoms with Crippen LogP contribution in [0.5, 0.6) is 0 Å². The summed E-state index contributed by atoms with van der Waals surface area (Å²) in [5, 5.41) is -0.167. The number of nitrogens with two attached hydrogens (primary N) is 1. The van der Waals surface area contributed by atoms with Crippen LogP contribution >= 0.6 is 24.0 Å². The normalized spacial score (nSPS) is 17.9. The molecular formula is C12H15Cl2F2N. The minimum absolute atomic E-state index is 0. The molecule has 0 heterocycles. The van der Waals surface area contributed by atoms with Gasteiger partial charge < -0.3 is 5.73 Å². The Hall–Kier alpha value is -0.380. The quantitative estimate of drug-likeness (QED) is 0.807. The summed E-state index contributed by atoms with van der Waals surface area (Å²) in [6, 6.07) is 1.62. The molecule has 0 bridgehead atoms. The highest BCUT2D eigenvalue weighted by Gasteiger charge is 2.28. The highest BCUT2D eigenvalue weighted by molar-refractivity contribution is 6.31. The number of halogens is 4. The van der Waals surface area contributed by atoms with Crippen LogP contribution in [0, 0.1) is 17.6 Å². The lowest BCUT2D eigenvalue weighted by Crippen LogP contribution is -2.21. The minimum atomic E-state index is -0.605. The lowest BCUT2D eigenvalue weighted by Gasteiger charge is -2.21. The lowest BCUT2D eigenvalue weighted by atomic mass is 9.92. The maximum absolute atomic E-state index is 13.6. The Labute approximate surface area is 111 Å². The van der Waals surface area contributed by atoms with E-state index in [-0.39, 0.29) is 28.9 Å². The fraction of sp³-hybridized carbons (Fsp3) is 0.500. The summed E-state index contributed by atoms with van der Waals surface area (Å²) in [5.74, 6) is -0.897. The van der Waals surface area contributed by atoms with E-state index >= 15 is 0 Å². The molecule has 0 spiro atoms. The van der Waals surface area contributed by atoms with Crippen molar-refractivity contribution in [1.29, 1.82) is 0 Å². The lowest BCUT2D eigenvalue weighted by molar-refractivity contribution is 0.426. The Kier molecular flexibility index (Phi) is 5.17. The third-order valence-electron chi connectivity index (χ3n) is 3.32. The second-order valence-electron chi connectivity index (χ2n) is 4.33. The van der Waals surface area contributed by atoms with Gasteiger partial charge in [0.25, 0.3) is 0 Å². The predicted octanol–water partition coefficient (Wildman–Crippen LogP) is 4.23. The summed E-state index contributed by atoms with van der Waals surface area (Å²) >= 11 is 5.78. The summed E-state index contributed by atoms with van der Waals surface area (Å²) in [7, 11) is 0. The average Bonchev–Trinajstić information content (AvgIpc) is 2.77. The van der Waals surface area contributed by atoms with Crippen LogP contribution < -0.4 is 5.73 Å². The van der Waals surface area contributed by atoms with Crippen LogP contribution in [0.4, 0.5) is 8.78 Å². The van der Waals surface area contributed by atoms with Crippen LogP contribution in [0.3, 0.4) is 0 Å². The molecule has 2 rings (SSSR count). The molecule has 1 saturated carbocycles. The van der Waals surface area contributed by atoms with E-state index in [2.05, 4.69) is 0 Å². The van der Waals surface area contributed by atoms with Gasteiger partial charge in [-0.3, -0.25) is 0 Å². The molecule has 0 saturated heterocycles. The molecule has 1 aromatic rings. The van der Waals surface area contributed by atoms with E-state index in [9.17, 15) is 8.78 Å². The first-order valence-corrected chi connectivity index (χ1v) is 5.88. The second-order valence-corrected chi connectivity index (χ2v) is 4.71. The summed E-state index contributed by atoms with van der Waals surface area (Å²) in [4.78, 5) is 0. The Morgan fingerprint density at radius 1 is 1.18 bits per heavy atom. The van der Waals surface area contributed by atoms with E-state index in [0.29, 0.717) is 0 Å². The van der Waals surface area contributed by atoms with E-state index in [0.717, 1.165) is 37.8 Å². The predicted molar refractivity (Wildman–Crippen MR) is 67.5 cm³/mol. The summed E-state index contributed by atoms with van der Waals surface area (Å²) < 4.78 is 26.9. The molecule has 5 heteroatoms. The largest absolute Gasteiger partial charge is 0.324 e. The number of hydrogen-bond donors (Lipinski definition) is 1. The number of rotatable bonds is 2. The smallest absolute Gasteiger partial charge is 0.142 e. The van der Waals surface area contributed by atoms with Crippen LogP contribution in [0.1, 0.15) is 37.3 Å². The fourth-order valence-electron chi connectivity index (χ4n) is 2.40. The van der Waals surface area contributed by atoms with Crippen LogP contribution in [0.25, 0.3) is 0 Å². The summed E-state index contributed by atoms with van der Waals surface area (Å²) in [5.41, 5.74) is 6.11. The van der Waals surface area contributed by atoms with E-state index in [1.807, 2.05) is 0 Å². The Bertz CT molecular complexity index is 392. The molecule has 1 aromatic carbocycles. The maximum atomic E-state index is 13.6. The van der Waals surface area contributed by atoms with Crippen molar-refractivity contribution in [2.75, 3.05) is 0 Å². The molecule has 96 valence electrons. The van der Waals surface area contributed by atoms with Crippen molar-refractivity contribution in [3.05, 3.63) is 34.4 Å². The highest BCUT2D eigenvalue weighted by Crippen LogP contribution is 2.38. The monoisotopic (exact) mass is 281 g/mol.